The molecule has 0 aromatic heterocycles. The van der Waals surface area contributed by atoms with E-state index in [1.54, 1.807) is 0 Å². The highest BCUT2D eigenvalue weighted by Crippen LogP contribution is 2.31. The highest BCUT2D eigenvalue weighted by Gasteiger charge is 2.29. The van der Waals surface area contributed by atoms with Crippen LogP contribution in [0, 0.1) is 10.8 Å². The Morgan fingerprint density at radius 1 is 1.05 bits per heavy atom. The molecule has 1 aliphatic rings. The summed E-state index contributed by atoms with van der Waals surface area (Å²) in [5.74, 6) is 0. The molecule has 1 atom stereocenters. The van der Waals surface area contributed by atoms with Gasteiger partial charge in [0.15, 0.2) is 0 Å². The minimum atomic E-state index is 0.219. The standard InChI is InChI=1S/C18H38N2/c1-8-18(7,14-19-16(2,3)4)15-20-12-9-10-17(5,6)11-13-20/h19H,8-15H2,1-7H3. The maximum Gasteiger partial charge on any atom is 0.00967 e. The van der Waals surface area contributed by atoms with Crippen LogP contribution in [-0.4, -0.2) is 36.6 Å². The molecule has 0 aliphatic carbocycles. The van der Waals surface area contributed by atoms with Crippen LogP contribution in [0.25, 0.3) is 0 Å². The normalized spacial score (nSPS) is 24.1. The van der Waals surface area contributed by atoms with Gasteiger partial charge in [0.2, 0.25) is 0 Å². The first-order chi connectivity index (χ1) is 9.05. The van der Waals surface area contributed by atoms with E-state index in [1.807, 2.05) is 0 Å². The zero-order chi connectivity index (χ0) is 15.4. The van der Waals surface area contributed by atoms with E-state index in [4.69, 9.17) is 0 Å². The Kier molecular flexibility index (Phi) is 6.10. The quantitative estimate of drug-likeness (QED) is 0.808. The fourth-order valence-electron chi connectivity index (χ4n) is 2.95. The molecule has 1 saturated heterocycles. The molecule has 0 amide bonds. The largest absolute Gasteiger partial charge is 0.311 e. The zero-order valence-electron chi connectivity index (χ0n) is 15.1. The number of rotatable bonds is 5. The van der Waals surface area contributed by atoms with Crippen LogP contribution in [0.4, 0.5) is 0 Å². The Balaban J connectivity index is 2.54. The third-order valence-corrected chi connectivity index (χ3v) is 4.94. The van der Waals surface area contributed by atoms with Crippen LogP contribution in [-0.2, 0) is 0 Å². The summed E-state index contributed by atoms with van der Waals surface area (Å²) in [6.07, 6.45) is 5.33. The summed E-state index contributed by atoms with van der Waals surface area (Å²) < 4.78 is 0. The molecule has 20 heavy (non-hydrogen) atoms. The molecule has 0 spiro atoms. The first kappa shape index (κ1) is 18.0. The summed E-state index contributed by atoms with van der Waals surface area (Å²) in [6, 6.07) is 0. The summed E-state index contributed by atoms with van der Waals surface area (Å²) in [4.78, 5) is 2.71. The Morgan fingerprint density at radius 3 is 2.25 bits per heavy atom. The maximum atomic E-state index is 3.71. The van der Waals surface area contributed by atoms with Gasteiger partial charge in [-0.2, -0.15) is 0 Å². The van der Waals surface area contributed by atoms with Crippen LogP contribution in [0.2, 0.25) is 0 Å². The minimum absolute atomic E-state index is 0.219. The van der Waals surface area contributed by atoms with Crippen molar-refractivity contribution in [3.8, 4) is 0 Å². The lowest BCUT2D eigenvalue weighted by Gasteiger charge is -2.37. The van der Waals surface area contributed by atoms with Crippen LogP contribution in [0.3, 0.4) is 0 Å². The lowest BCUT2D eigenvalue weighted by molar-refractivity contribution is 0.146. The summed E-state index contributed by atoms with van der Waals surface area (Å²) >= 11 is 0. The highest BCUT2D eigenvalue weighted by atomic mass is 15.1. The van der Waals surface area contributed by atoms with Gasteiger partial charge in [-0.05, 0) is 70.4 Å². The summed E-state index contributed by atoms with van der Waals surface area (Å²) in [7, 11) is 0. The monoisotopic (exact) mass is 282 g/mol. The maximum absolute atomic E-state index is 3.71. The van der Waals surface area contributed by atoms with Gasteiger partial charge < -0.3 is 10.2 Å². The highest BCUT2D eigenvalue weighted by molar-refractivity contribution is 4.85. The Morgan fingerprint density at radius 2 is 1.70 bits per heavy atom. The molecule has 1 rings (SSSR count). The predicted molar refractivity (Wildman–Crippen MR) is 90.2 cm³/mol. The first-order valence-corrected chi connectivity index (χ1v) is 8.53. The van der Waals surface area contributed by atoms with Crippen molar-refractivity contribution < 1.29 is 0 Å². The fourth-order valence-corrected chi connectivity index (χ4v) is 2.95. The van der Waals surface area contributed by atoms with E-state index >= 15 is 0 Å². The Bertz CT molecular complexity index is 290. The molecule has 1 fully saturated rings. The number of hydrogen-bond donors (Lipinski definition) is 1. The average Bonchev–Trinajstić information content (AvgIpc) is 2.48. The molecule has 0 radical (unpaired) electrons. The molecule has 0 aromatic rings. The first-order valence-electron chi connectivity index (χ1n) is 8.53. The molecular weight excluding hydrogens is 244 g/mol. The van der Waals surface area contributed by atoms with Gasteiger partial charge in [0.1, 0.15) is 0 Å². The van der Waals surface area contributed by atoms with Gasteiger partial charge >= 0.3 is 0 Å². The third kappa shape index (κ3) is 6.58. The number of nitrogens with zero attached hydrogens (tertiary/aromatic N) is 1. The molecule has 120 valence electrons. The third-order valence-electron chi connectivity index (χ3n) is 4.94. The van der Waals surface area contributed by atoms with E-state index in [0.29, 0.717) is 10.8 Å². The van der Waals surface area contributed by atoms with Gasteiger partial charge in [-0.15, -0.1) is 0 Å². The molecule has 1 heterocycles. The van der Waals surface area contributed by atoms with Gasteiger partial charge in [-0.25, -0.2) is 0 Å². The van der Waals surface area contributed by atoms with Crippen LogP contribution >= 0.6 is 0 Å². The van der Waals surface area contributed by atoms with Crippen molar-refractivity contribution in [3.63, 3.8) is 0 Å². The molecule has 0 saturated carbocycles. The minimum Gasteiger partial charge on any atom is -0.311 e. The second-order valence-electron chi connectivity index (χ2n) is 9.06. The van der Waals surface area contributed by atoms with Crippen molar-refractivity contribution in [3.05, 3.63) is 0 Å². The van der Waals surface area contributed by atoms with E-state index in [9.17, 15) is 0 Å². The van der Waals surface area contributed by atoms with Crippen LogP contribution in [0.1, 0.15) is 74.1 Å². The second-order valence-corrected chi connectivity index (χ2v) is 9.06. The lowest BCUT2D eigenvalue weighted by atomic mass is 9.85. The Labute approximate surface area is 127 Å². The topological polar surface area (TPSA) is 15.3 Å². The molecular formula is C18H38N2. The summed E-state index contributed by atoms with van der Waals surface area (Å²) in [6.45, 7) is 21.3. The van der Waals surface area contributed by atoms with E-state index in [2.05, 4.69) is 58.7 Å². The smallest absolute Gasteiger partial charge is 0.00967 e. The van der Waals surface area contributed by atoms with Gasteiger partial charge in [0.25, 0.3) is 0 Å². The van der Waals surface area contributed by atoms with Crippen molar-refractivity contribution in [1.82, 2.24) is 10.2 Å². The number of likely N-dealkylation sites (tertiary alicyclic amines) is 1. The lowest BCUT2D eigenvalue weighted by Crippen LogP contribution is -2.47. The van der Waals surface area contributed by atoms with Gasteiger partial charge in [0, 0.05) is 18.6 Å². The second kappa shape index (κ2) is 6.79. The van der Waals surface area contributed by atoms with Crippen LogP contribution in [0.5, 0.6) is 0 Å². The molecule has 0 bridgehead atoms. The zero-order valence-corrected chi connectivity index (χ0v) is 15.1. The molecule has 0 aromatic carbocycles. The van der Waals surface area contributed by atoms with Gasteiger partial charge in [-0.1, -0.05) is 27.7 Å². The molecule has 2 nitrogen and oxygen atoms in total. The van der Waals surface area contributed by atoms with Crippen LogP contribution < -0.4 is 5.32 Å². The summed E-state index contributed by atoms with van der Waals surface area (Å²) in [5.41, 5.74) is 1.15. The molecule has 1 unspecified atom stereocenters. The SMILES string of the molecule is CCC(C)(CNC(C)(C)C)CN1CCCC(C)(C)CC1. The van der Waals surface area contributed by atoms with Crippen molar-refractivity contribution in [2.75, 3.05) is 26.2 Å². The van der Waals surface area contributed by atoms with Crippen molar-refractivity contribution in [2.45, 2.75) is 79.7 Å². The van der Waals surface area contributed by atoms with E-state index in [-0.39, 0.29) is 5.54 Å². The number of nitrogens with one attached hydrogen (secondary N) is 1. The van der Waals surface area contributed by atoms with Gasteiger partial charge in [0.05, 0.1) is 0 Å². The average molecular weight is 283 g/mol. The molecule has 1 N–H and O–H groups in total. The van der Waals surface area contributed by atoms with Gasteiger partial charge in [-0.3, -0.25) is 0 Å². The predicted octanol–water partition coefficient (Wildman–Crippen LogP) is 4.30. The van der Waals surface area contributed by atoms with Crippen molar-refractivity contribution in [2.24, 2.45) is 10.8 Å². The van der Waals surface area contributed by atoms with E-state index < -0.39 is 0 Å². The van der Waals surface area contributed by atoms with Crippen molar-refractivity contribution >= 4 is 0 Å². The van der Waals surface area contributed by atoms with Crippen molar-refractivity contribution in [1.29, 1.82) is 0 Å². The molecule has 1 aliphatic heterocycles. The fraction of sp³-hybridized carbons (Fsp3) is 1.00. The Hall–Kier alpha value is -0.0800. The number of hydrogen-bond acceptors (Lipinski definition) is 2. The van der Waals surface area contributed by atoms with E-state index in [0.717, 1.165) is 6.54 Å². The summed E-state index contributed by atoms with van der Waals surface area (Å²) in [5, 5.41) is 3.71. The molecule has 2 heteroatoms. The van der Waals surface area contributed by atoms with E-state index in [1.165, 1.54) is 45.3 Å². The van der Waals surface area contributed by atoms with Crippen LogP contribution in [0.15, 0.2) is 0 Å².